The van der Waals surface area contributed by atoms with Gasteiger partial charge in [-0.25, -0.2) is 9.97 Å². The van der Waals surface area contributed by atoms with Crippen molar-refractivity contribution in [2.45, 2.75) is 40.3 Å². The lowest BCUT2D eigenvalue weighted by atomic mass is 10.1. The summed E-state index contributed by atoms with van der Waals surface area (Å²) >= 11 is 0. The van der Waals surface area contributed by atoms with E-state index in [-0.39, 0.29) is 0 Å². The smallest absolute Gasteiger partial charge is 0.125 e. The van der Waals surface area contributed by atoms with Crippen LogP contribution in [0.1, 0.15) is 34.0 Å². The fourth-order valence-corrected chi connectivity index (χ4v) is 2.76. The van der Waals surface area contributed by atoms with Gasteiger partial charge in [-0.15, -0.1) is 0 Å². The third-order valence-electron chi connectivity index (χ3n) is 3.78. The molecule has 1 N–H and O–H groups in total. The number of nitrogens with one attached hydrogen (secondary N) is 1. The number of fused-ring (bicyclic) bond motifs is 1. The molecular formula is C15H20N4. The SMILES string of the molecule is Cc1ncc2c(n1)CN(Cc1[nH]c(C)cc1C)CC2. The zero-order chi connectivity index (χ0) is 13.4. The van der Waals surface area contributed by atoms with Crippen molar-refractivity contribution in [3.63, 3.8) is 0 Å². The van der Waals surface area contributed by atoms with Crippen LogP contribution in [0.25, 0.3) is 0 Å². The van der Waals surface area contributed by atoms with Crippen LogP contribution in [0.5, 0.6) is 0 Å². The first kappa shape index (κ1) is 12.4. The van der Waals surface area contributed by atoms with Gasteiger partial charge in [-0.1, -0.05) is 0 Å². The van der Waals surface area contributed by atoms with Gasteiger partial charge in [-0.2, -0.15) is 0 Å². The molecule has 1 aliphatic rings. The fourth-order valence-electron chi connectivity index (χ4n) is 2.76. The molecule has 19 heavy (non-hydrogen) atoms. The van der Waals surface area contributed by atoms with Crippen LogP contribution in [0.3, 0.4) is 0 Å². The molecule has 0 amide bonds. The second kappa shape index (κ2) is 4.78. The molecule has 4 nitrogen and oxygen atoms in total. The van der Waals surface area contributed by atoms with Gasteiger partial charge in [0.2, 0.25) is 0 Å². The normalized spacial score (nSPS) is 15.5. The molecule has 2 aromatic rings. The molecule has 3 heterocycles. The summed E-state index contributed by atoms with van der Waals surface area (Å²) in [6.07, 6.45) is 3.04. The van der Waals surface area contributed by atoms with Crippen molar-refractivity contribution in [3.8, 4) is 0 Å². The lowest BCUT2D eigenvalue weighted by molar-refractivity contribution is 0.238. The predicted molar refractivity (Wildman–Crippen MR) is 74.9 cm³/mol. The number of aromatic amines is 1. The number of hydrogen-bond acceptors (Lipinski definition) is 3. The molecule has 0 atom stereocenters. The number of hydrogen-bond donors (Lipinski definition) is 1. The first-order chi connectivity index (χ1) is 9.11. The van der Waals surface area contributed by atoms with Gasteiger partial charge in [0.25, 0.3) is 0 Å². The topological polar surface area (TPSA) is 44.8 Å². The highest BCUT2D eigenvalue weighted by Crippen LogP contribution is 2.19. The molecule has 0 unspecified atom stereocenters. The number of H-pyrrole nitrogens is 1. The maximum Gasteiger partial charge on any atom is 0.125 e. The Kier molecular flexibility index (Phi) is 3.11. The Morgan fingerprint density at radius 2 is 2.16 bits per heavy atom. The third kappa shape index (κ3) is 2.54. The number of aryl methyl sites for hydroxylation is 3. The van der Waals surface area contributed by atoms with E-state index in [0.29, 0.717) is 0 Å². The summed E-state index contributed by atoms with van der Waals surface area (Å²) in [6.45, 7) is 9.22. The van der Waals surface area contributed by atoms with E-state index in [4.69, 9.17) is 0 Å². The number of nitrogens with zero attached hydrogens (tertiary/aromatic N) is 3. The lowest BCUT2D eigenvalue weighted by Crippen LogP contribution is -2.31. The molecule has 1 aliphatic heterocycles. The van der Waals surface area contributed by atoms with Crippen molar-refractivity contribution in [3.05, 3.63) is 46.3 Å². The molecule has 0 saturated carbocycles. The average molecular weight is 256 g/mol. The Morgan fingerprint density at radius 3 is 2.89 bits per heavy atom. The Hall–Kier alpha value is -1.68. The van der Waals surface area contributed by atoms with Crippen LogP contribution in [0, 0.1) is 20.8 Å². The summed E-state index contributed by atoms with van der Waals surface area (Å²) in [5, 5.41) is 0. The largest absolute Gasteiger partial charge is 0.361 e. The molecule has 2 aromatic heterocycles. The zero-order valence-electron chi connectivity index (χ0n) is 11.8. The van der Waals surface area contributed by atoms with Crippen molar-refractivity contribution in [1.82, 2.24) is 19.9 Å². The quantitative estimate of drug-likeness (QED) is 0.896. The van der Waals surface area contributed by atoms with Gasteiger partial charge in [0.1, 0.15) is 5.82 Å². The van der Waals surface area contributed by atoms with E-state index in [1.165, 1.54) is 28.2 Å². The Bertz CT molecular complexity index is 600. The van der Waals surface area contributed by atoms with Crippen molar-refractivity contribution in [1.29, 1.82) is 0 Å². The van der Waals surface area contributed by atoms with Crippen LogP contribution < -0.4 is 0 Å². The minimum atomic E-state index is 0.868. The molecule has 0 spiro atoms. The standard InChI is InChI=1S/C15H20N4/c1-10-6-11(2)17-14(10)8-19-5-4-13-7-16-12(3)18-15(13)9-19/h6-7,17H,4-5,8-9H2,1-3H3. The number of aromatic nitrogens is 3. The molecular weight excluding hydrogens is 236 g/mol. The summed E-state index contributed by atoms with van der Waals surface area (Å²) < 4.78 is 0. The van der Waals surface area contributed by atoms with E-state index in [2.05, 4.69) is 39.8 Å². The highest BCUT2D eigenvalue weighted by molar-refractivity contribution is 5.25. The second-order valence-electron chi connectivity index (χ2n) is 5.46. The van der Waals surface area contributed by atoms with Crippen LogP contribution in [0.2, 0.25) is 0 Å². The van der Waals surface area contributed by atoms with Gasteiger partial charge < -0.3 is 4.98 Å². The molecule has 0 radical (unpaired) electrons. The minimum absolute atomic E-state index is 0.868. The molecule has 3 rings (SSSR count). The van der Waals surface area contributed by atoms with E-state index >= 15 is 0 Å². The minimum Gasteiger partial charge on any atom is -0.361 e. The van der Waals surface area contributed by atoms with Gasteiger partial charge in [0.15, 0.2) is 0 Å². The molecule has 0 aliphatic carbocycles. The molecule has 0 fully saturated rings. The highest BCUT2D eigenvalue weighted by atomic mass is 15.1. The Labute approximate surface area is 113 Å². The number of rotatable bonds is 2. The van der Waals surface area contributed by atoms with Crippen molar-refractivity contribution < 1.29 is 0 Å². The van der Waals surface area contributed by atoms with E-state index in [1.54, 1.807) is 0 Å². The lowest BCUT2D eigenvalue weighted by Gasteiger charge is -2.27. The summed E-state index contributed by atoms with van der Waals surface area (Å²) in [4.78, 5) is 14.8. The maximum absolute atomic E-state index is 4.57. The summed E-state index contributed by atoms with van der Waals surface area (Å²) in [7, 11) is 0. The van der Waals surface area contributed by atoms with Gasteiger partial charge in [0, 0.05) is 37.2 Å². The van der Waals surface area contributed by atoms with Crippen LogP contribution in [-0.2, 0) is 19.5 Å². The average Bonchev–Trinajstić information content (AvgIpc) is 2.67. The fraction of sp³-hybridized carbons (Fsp3) is 0.467. The van der Waals surface area contributed by atoms with E-state index in [9.17, 15) is 0 Å². The molecule has 4 heteroatoms. The van der Waals surface area contributed by atoms with Crippen molar-refractivity contribution in [2.75, 3.05) is 6.54 Å². The molecule has 0 aromatic carbocycles. The van der Waals surface area contributed by atoms with Gasteiger partial charge >= 0.3 is 0 Å². The van der Waals surface area contributed by atoms with Crippen LogP contribution in [0.4, 0.5) is 0 Å². The van der Waals surface area contributed by atoms with Crippen molar-refractivity contribution in [2.24, 2.45) is 0 Å². The monoisotopic (exact) mass is 256 g/mol. The second-order valence-corrected chi connectivity index (χ2v) is 5.46. The summed E-state index contributed by atoms with van der Waals surface area (Å²) in [6, 6.07) is 2.21. The summed E-state index contributed by atoms with van der Waals surface area (Å²) in [5.74, 6) is 0.868. The van der Waals surface area contributed by atoms with E-state index < -0.39 is 0 Å². The van der Waals surface area contributed by atoms with Crippen molar-refractivity contribution >= 4 is 0 Å². The third-order valence-corrected chi connectivity index (χ3v) is 3.78. The van der Waals surface area contributed by atoms with Gasteiger partial charge in [-0.3, -0.25) is 4.90 Å². The van der Waals surface area contributed by atoms with Gasteiger partial charge in [0.05, 0.1) is 5.69 Å². The van der Waals surface area contributed by atoms with E-state index in [1.807, 2.05) is 13.1 Å². The first-order valence-electron chi connectivity index (χ1n) is 6.80. The highest BCUT2D eigenvalue weighted by Gasteiger charge is 2.19. The Morgan fingerprint density at radius 1 is 1.32 bits per heavy atom. The Balaban J connectivity index is 1.77. The zero-order valence-corrected chi connectivity index (χ0v) is 11.8. The van der Waals surface area contributed by atoms with E-state index in [0.717, 1.165) is 31.9 Å². The molecule has 0 bridgehead atoms. The molecule has 0 saturated heterocycles. The van der Waals surface area contributed by atoms with Crippen LogP contribution >= 0.6 is 0 Å². The van der Waals surface area contributed by atoms with Gasteiger partial charge in [-0.05, 0) is 44.4 Å². The maximum atomic E-state index is 4.57. The first-order valence-corrected chi connectivity index (χ1v) is 6.80. The molecule has 100 valence electrons. The van der Waals surface area contributed by atoms with Crippen LogP contribution in [0.15, 0.2) is 12.3 Å². The van der Waals surface area contributed by atoms with Crippen LogP contribution in [-0.4, -0.2) is 26.4 Å². The predicted octanol–water partition coefficient (Wildman–Crippen LogP) is 2.29. The summed E-state index contributed by atoms with van der Waals surface area (Å²) in [5.41, 5.74) is 6.41.